The first-order valence-corrected chi connectivity index (χ1v) is 3.74. The first kappa shape index (κ1) is 4.05. The first-order chi connectivity index (χ1) is 8.24. The van der Waals surface area contributed by atoms with Gasteiger partial charge in [-0.25, -0.2) is 5.01 Å². The smallest absolute Gasteiger partial charge is 0.253 e. The minimum Gasteiger partial charge on any atom is -0.272 e. The number of carbonyl (C=O) groups is 1. The minimum atomic E-state index is -2.73. The van der Waals surface area contributed by atoms with Crippen molar-refractivity contribution in [3.8, 4) is 0 Å². The number of hydrazone groups is 1. The zero-order valence-electron chi connectivity index (χ0n) is 11.7. The van der Waals surface area contributed by atoms with Crippen LogP contribution in [0.5, 0.6) is 0 Å². The summed E-state index contributed by atoms with van der Waals surface area (Å²) in [6.45, 7) is -2.73. The number of nitrogens with zero attached hydrogens (tertiary/aromatic N) is 2. The lowest BCUT2D eigenvalue weighted by Crippen LogP contribution is -2.19. The fourth-order valence-corrected chi connectivity index (χ4v) is 1.07. The van der Waals surface area contributed by atoms with Crippen molar-refractivity contribution in [1.82, 2.24) is 0 Å². The van der Waals surface area contributed by atoms with Crippen molar-refractivity contribution in [3.05, 3.63) is 30.3 Å². The van der Waals surface area contributed by atoms with Gasteiger partial charge in [0, 0.05) is 12.6 Å². The summed E-state index contributed by atoms with van der Waals surface area (Å²) in [5.41, 5.74) is -0.394. The summed E-state index contributed by atoms with van der Waals surface area (Å²) < 4.78 is 36.8. The number of carbonyl (C=O) groups excluding carboxylic acids is 1. The van der Waals surface area contributed by atoms with Gasteiger partial charge in [0.1, 0.15) is 0 Å². The number of hydrogen-bond donors (Lipinski definition) is 0. The third-order valence-electron chi connectivity index (χ3n) is 1.62. The molecule has 0 unspecified atom stereocenters. The standard InChI is InChI=1S/C10H10N2O/c1-8-7-10(13)12(11-8)9-5-3-2-4-6-9/h2-6H,7H2,1H3/i1D3,7D2. The molecule has 0 aliphatic carbocycles. The average Bonchev–Trinajstić information content (AvgIpc) is 2.52. The van der Waals surface area contributed by atoms with Crippen LogP contribution in [0.4, 0.5) is 5.69 Å². The Balaban J connectivity index is 2.48. The average molecular weight is 179 g/mol. The second kappa shape index (κ2) is 3.01. The van der Waals surface area contributed by atoms with E-state index in [1.165, 1.54) is 0 Å². The van der Waals surface area contributed by atoms with Gasteiger partial charge >= 0.3 is 0 Å². The van der Waals surface area contributed by atoms with Crippen LogP contribution in [0, 0.1) is 0 Å². The fourth-order valence-electron chi connectivity index (χ4n) is 1.07. The highest BCUT2D eigenvalue weighted by Crippen LogP contribution is 2.19. The van der Waals surface area contributed by atoms with Crippen LogP contribution in [0.2, 0.25) is 0 Å². The normalized spacial score (nSPS) is 26.8. The highest BCUT2D eigenvalue weighted by atomic mass is 16.2. The Labute approximate surface area is 83.7 Å². The molecule has 0 N–H and O–H groups in total. The summed E-state index contributed by atoms with van der Waals surface area (Å²) in [4.78, 5) is 11.9. The van der Waals surface area contributed by atoms with Gasteiger partial charge in [-0.1, -0.05) is 18.2 Å². The van der Waals surface area contributed by atoms with Crippen LogP contribution in [0.25, 0.3) is 0 Å². The van der Waals surface area contributed by atoms with Crippen molar-refractivity contribution < 1.29 is 11.6 Å². The maximum Gasteiger partial charge on any atom is 0.253 e. The summed E-state index contributed by atoms with van der Waals surface area (Å²) in [6.07, 6.45) is -2.60. The zero-order chi connectivity index (χ0) is 13.6. The molecule has 0 fully saturated rings. The summed E-state index contributed by atoms with van der Waals surface area (Å²) in [5.74, 6) is -0.986. The van der Waals surface area contributed by atoms with Crippen LogP contribution in [-0.2, 0) is 4.79 Å². The van der Waals surface area contributed by atoms with E-state index >= 15 is 0 Å². The highest BCUT2D eigenvalue weighted by molar-refractivity contribution is 6.12. The second-order valence-corrected chi connectivity index (χ2v) is 2.53. The van der Waals surface area contributed by atoms with Crippen LogP contribution < -0.4 is 5.01 Å². The topological polar surface area (TPSA) is 32.7 Å². The number of hydrogen-bond acceptors (Lipinski definition) is 2. The van der Waals surface area contributed by atoms with E-state index in [1.54, 1.807) is 30.3 Å². The van der Waals surface area contributed by atoms with E-state index in [1.807, 2.05) is 0 Å². The van der Waals surface area contributed by atoms with Gasteiger partial charge in [0.15, 0.2) is 0 Å². The molecule has 1 aromatic carbocycles. The van der Waals surface area contributed by atoms with Crippen LogP contribution in [0.15, 0.2) is 35.4 Å². The number of benzene rings is 1. The molecule has 0 saturated carbocycles. The maximum absolute atomic E-state index is 11.9. The van der Waals surface area contributed by atoms with Gasteiger partial charge in [0.25, 0.3) is 5.91 Å². The molecule has 0 aromatic heterocycles. The van der Waals surface area contributed by atoms with Gasteiger partial charge in [0.2, 0.25) is 0 Å². The lowest BCUT2D eigenvalue weighted by molar-refractivity contribution is -0.116. The van der Waals surface area contributed by atoms with Gasteiger partial charge in [0.05, 0.1) is 12.1 Å². The second-order valence-electron chi connectivity index (χ2n) is 2.53. The molecule has 1 amide bonds. The predicted octanol–water partition coefficient (Wildman–Crippen LogP) is 1.80. The first-order valence-electron chi connectivity index (χ1n) is 6.24. The predicted molar refractivity (Wildman–Crippen MR) is 51.7 cm³/mol. The largest absolute Gasteiger partial charge is 0.272 e. The van der Waals surface area contributed by atoms with Crippen molar-refractivity contribution >= 4 is 17.3 Å². The van der Waals surface area contributed by atoms with Gasteiger partial charge in [-0.3, -0.25) is 4.79 Å². The third-order valence-corrected chi connectivity index (χ3v) is 1.62. The summed E-state index contributed by atoms with van der Waals surface area (Å²) >= 11 is 0. The molecule has 1 heterocycles. The molecule has 0 saturated heterocycles. The Hall–Kier alpha value is -1.64. The fraction of sp³-hybridized carbons (Fsp3) is 0.200. The molecular formula is C10H10N2O. The highest BCUT2D eigenvalue weighted by Gasteiger charge is 2.21. The van der Waals surface area contributed by atoms with E-state index in [0.29, 0.717) is 5.69 Å². The summed E-state index contributed by atoms with van der Waals surface area (Å²) in [5, 5.41) is 4.42. The number of anilines is 1. The number of rotatable bonds is 1. The Morgan fingerprint density at radius 3 is 2.92 bits per heavy atom. The lowest BCUT2D eigenvalue weighted by Gasteiger charge is -2.10. The SMILES string of the molecule is [2H]C([2H])([2H])C1=NN(c2ccccc2)C(=O)C1([2H])[2H]. The molecule has 0 bridgehead atoms. The van der Waals surface area contributed by atoms with E-state index in [0.717, 1.165) is 5.01 Å². The van der Waals surface area contributed by atoms with Crippen molar-refractivity contribution in [3.63, 3.8) is 0 Å². The molecule has 1 aliphatic heterocycles. The Kier molecular flexibility index (Phi) is 0.937. The van der Waals surface area contributed by atoms with E-state index in [-0.39, 0.29) is 0 Å². The van der Waals surface area contributed by atoms with Crippen molar-refractivity contribution in [2.75, 3.05) is 5.01 Å². The van der Waals surface area contributed by atoms with Gasteiger partial charge in [-0.2, -0.15) is 5.10 Å². The van der Waals surface area contributed by atoms with Gasteiger partial charge < -0.3 is 0 Å². The molecule has 1 aliphatic rings. The molecule has 0 atom stereocenters. The van der Waals surface area contributed by atoms with E-state index < -0.39 is 24.8 Å². The molecule has 2 rings (SSSR count). The minimum absolute atomic E-state index is 0.339. The molecule has 0 radical (unpaired) electrons. The molecular weight excluding hydrogens is 164 g/mol. The van der Waals surface area contributed by atoms with E-state index in [9.17, 15) is 4.79 Å². The molecule has 3 nitrogen and oxygen atoms in total. The molecule has 0 spiro atoms. The van der Waals surface area contributed by atoms with Gasteiger partial charge in [-0.15, -0.1) is 0 Å². The monoisotopic (exact) mass is 179 g/mol. The third kappa shape index (κ3) is 1.45. The molecule has 13 heavy (non-hydrogen) atoms. The Morgan fingerprint density at radius 1 is 1.54 bits per heavy atom. The van der Waals surface area contributed by atoms with E-state index in [2.05, 4.69) is 5.10 Å². The van der Waals surface area contributed by atoms with Crippen LogP contribution in [0.1, 0.15) is 20.1 Å². The lowest BCUT2D eigenvalue weighted by atomic mass is 10.3. The maximum atomic E-state index is 11.9. The summed E-state index contributed by atoms with van der Waals surface area (Å²) in [7, 11) is 0. The van der Waals surface area contributed by atoms with Crippen molar-refractivity contribution in [2.45, 2.75) is 13.2 Å². The zero-order valence-corrected chi connectivity index (χ0v) is 6.69. The summed E-state index contributed by atoms with van der Waals surface area (Å²) in [6, 6.07) is 8.15. The molecule has 66 valence electrons. The molecule has 1 aromatic rings. The number of para-hydroxylation sites is 1. The van der Waals surface area contributed by atoms with Crippen LogP contribution >= 0.6 is 0 Å². The van der Waals surface area contributed by atoms with Crippen molar-refractivity contribution in [1.29, 1.82) is 0 Å². The number of amides is 1. The molecule has 3 heteroatoms. The van der Waals surface area contributed by atoms with Crippen LogP contribution in [-0.4, -0.2) is 11.6 Å². The Morgan fingerprint density at radius 2 is 2.31 bits per heavy atom. The van der Waals surface area contributed by atoms with Gasteiger partial charge in [-0.05, 0) is 19.0 Å². The van der Waals surface area contributed by atoms with Crippen LogP contribution in [0.3, 0.4) is 0 Å². The van der Waals surface area contributed by atoms with E-state index in [4.69, 9.17) is 6.85 Å². The quantitative estimate of drug-likeness (QED) is 0.647. The van der Waals surface area contributed by atoms with Crippen molar-refractivity contribution in [2.24, 2.45) is 5.10 Å². The Bertz CT molecular complexity index is 509.